The van der Waals surface area contributed by atoms with Crippen molar-refractivity contribution >= 4 is 38.3 Å². The van der Waals surface area contributed by atoms with Gasteiger partial charge in [0.15, 0.2) is 0 Å². The van der Waals surface area contributed by atoms with Crippen LogP contribution in [0, 0.1) is 5.92 Å². The number of benzene rings is 1. The van der Waals surface area contributed by atoms with Gasteiger partial charge in [-0.1, -0.05) is 13.8 Å². The lowest BCUT2D eigenvalue weighted by Crippen LogP contribution is -2.13. The molecule has 0 bridgehead atoms. The first-order valence-corrected chi connectivity index (χ1v) is 12.3. The van der Waals surface area contributed by atoms with E-state index < -0.39 is 9.73 Å². The van der Waals surface area contributed by atoms with Crippen molar-refractivity contribution in [3.63, 3.8) is 0 Å². The van der Waals surface area contributed by atoms with Gasteiger partial charge in [-0.3, -0.25) is 4.79 Å². The molecule has 1 aromatic carbocycles. The minimum Gasteiger partial charge on any atom is -0.271 e. The van der Waals surface area contributed by atoms with Gasteiger partial charge in [-0.2, -0.15) is 9.46 Å². The zero-order valence-corrected chi connectivity index (χ0v) is 18.0. The highest BCUT2D eigenvalue weighted by Crippen LogP contribution is 2.34. The Bertz CT molecular complexity index is 1150. The molecule has 1 saturated carbocycles. The number of hydrogen-bond donors (Lipinski definition) is 0. The van der Waals surface area contributed by atoms with Crippen molar-refractivity contribution in [2.45, 2.75) is 36.8 Å². The van der Waals surface area contributed by atoms with E-state index in [-0.39, 0.29) is 11.7 Å². The Morgan fingerprint density at radius 2 is 2.07 bits per heavy atom. The fourth-order valence-corrected chi connectivity index (χ4v) is 5.92. The molecule has 29 heavy (non-hydrogen) atoms. The van der Waals surface area contributed by atoms with Crippen molar-refractivity contribution < 1.29 is 9.00 Å². The smallest absolute Gasteiger partial charge is 0.264 e. The average Bonchev–Trinajstić information content (AvgIpc) is 3.40. The highest BCUT2D eigenvalue weighted by molar-refractivity contribution is 8.00. The van der Waals surface area contributed by atoms with Crippen LogP contribution in [-0.2, 0) is 14.5 Å². The summed E-state index contributed by atoms with van der Waals surface area (Å²) >= 11 is 1.52. The number of aromatic nitrogens is 4. The third-order valence-electron chi connectivity index (χ3n) is 4.60. The standard InChI is InChI=1S/C20H23N5O2S2/c1-14(2)28-11-20(26)24-29(27,12-15-3-4-15)18-5-6-19-16(7-18)10-25(23-19)17-8-21-13-22-9-17/h5-10,13-15H,3-4,11-12H2,1-2H3. The predicted molar refractivity (Wildman–Crippen MR) is 116 cm³/mol. The summed E-state index contributed by atoms with van der Waals surface area (Å²) in [6, 6.07) is 5.47. The molecule has 0 saturated heterocycles. The lowest BCUT2D eigenvalue weighted by atomic mass is 10.3. The van der Waals surface area contributed by atoms with Gasteiger partial charge in [-0.15, -0.1) is 11.8 Å². The number of carbonyl (C=O) groups excluding carboxylic acids is 1. The van der Waals surface area contributed by atoms with Crippen LogP contribution in [-0.4, -0.2) is 46.6 Å². The maximum absolute atomic E-state index is 13.8. The number of carbonyl (C=O) groups is 1. The summed E-state index contributed by atoms with van der Waals surface area (Å²) < 4.78 is 19.7. The van der Waals surface area contributed by atoms with Gasteiger partial charge in [0.2, 0.25) is 0 Å². The Labute approximate surface area is 174 Å². The molecule has 0 N–H and O–H groups in total. The van der Waals surface area contributed by atoms with Crippen LogP contribution >= 0.6 is 11.8 Å². The van der Waals surface area contributed by atoms with E-state index in [1.54, 1.807) is 23.1 Å². The molecule has 3 aromatic rings. The first kappa shape index (κ1) is 20.0. The molecule has 1 amide bonds. The molecule has 2 heterocycles. The molecule has 2 aromatic heterocycles. The molecule has 0 aliphatic heterocycles. The summed E-state index contributed by atoms with van der Waals surface area (Å²) in [6.45, 7) is 4.06. The van der Waals surface area contributed by atoms with E-state index in [1.807, 2.05) is 32.2 Å². The topological polar surface area (TPSA) is 90.1 Å². The third-order valence-corrected chi connectivity index (χ3v) is 8.10. The van der Waals surface area contributed by atoms with Crippen molar-refractivity contribution in [3.8, 4) is 5.69 Å². The van der Waals surface area contributed by atoms with Crippen molar-refractivity contribution in [3.05, 3.63) is 43.1 Å². The number of amides is 1. The monoisotopic (exact) mass is 429 g/mol. The number of rotatable bonds is 7. The highest BCUT2D eigenvalue weighted by atomic mass is 32.2. The van der Waals surface area contributed by atoms with Gasteiger partial charge in [0.1, 0.15) is 12.0 Å². The fourth-order valence-electron chi connectivity index (χ4n) is 2.96. The minimum absolute atomic E-state index is 0.257. The van der Waals surface area contributed by atoms with Crippen LogP contribution < -0.4 is 0 Å². The van der Waals surface area contributed by atoms with E-state index >= 15 is 0 Å². The molecular weight excluding hydrogens is 406 g/mol. The molecule has 1 aliphatic carbocycles. The summed E-state index contributed by atoms with van der Waals surface area (Å²) in [6.07, 6.45) is 8.77. The van der Waals surface area contributed by atoms with Crippen LogP contribution in [0.2, 0.25) is 0 Å². The minimum atomic E-state index is -2.80. The van der Waals surface area contributed by atoms with Crippen molar-refractivity contribution in [2.24, 2.45) is 10.3 Å². The van der Waals surface area contributed by atoms with Crippen molar-refractivity contribution in [2.75, 3.05) is 11.5 Å². The van der Waals surface area contributed by atoms with Gasteiger partial charge in [0.25, 0.3) is 5.91 Å². The Balaban J connectivity index is 1.70. The SMILES string of the molecule is CC(C)SCC(=O)N=S(=O)(CC1CC1)c1ccc2nn(-c3cncnc3)cc2c1. The molecule has 9 heteroatoms. The maximum Gasteiger partial charge on any atom is 0.264 e. The lowest BCUT2D eigenvalue weighted by Gasteiger charge is -2.10. The molecule has 152 valence electrons. The molecule has 1 unspecified atom stereocenters. The van der Waals surface area contributed by atoms with Crippen LogP contribution in [0.4, 0.5) is 0 Å². The van der Waals surface area contributed by atoms with E-state index in [0.717, 1.165) is 29.4 Å². The molecule has 0 radical (unpaired) electrons. The summed E-state index contributed by atoms with van der Waals surface area (Å²) in [5, 5.41) is 5.71. The molecule has 4 rings (SSSR count). The number of hydrogen-bond acceptors (Lipinski definition) is 6. The van der Waals surface area contributed by atoms with Crippen molar-refractivity contribution in [1.82, 2.24) is 19.7 Å². The van der Waals surface area contributed by atoms with E-state index in [2.05, 4.69) is 19.4 Å². The van der Waals surface area contributed by atoms with Crippen molar-refractivity contribution in [1.29, 1.82) is 0 Å². The van der Waals surface area contributed by atoms with Crippen LogP contribution in [0.25, 0.3) is 16.6 Å². The predicted octanol–water partition coefficient (Wildman–Crippen LogP) is 3.72. The van der Waals surface area contributed by atoms with Gasteiger partial charge < -0.3 is 0 Å². The third kappa shape index (κ3) is 4.84. The highest BCUT2D eigenvalue weighted by Gasteiger charge is 2.29. The lowest BCUT2D eigenvalue weighted by molar-refractivity contribution is -0.115. The Kier molecular flexibility index (Phi) is 5.69. The van der Waals surface area contributed by atoms with Gasteiger partial charge in [-0.25, -0.2) is 18.9 Å². The first-order valence-electron chi connectivity index (χ1n) is 9.57. The molecule has 0 spiro atoms. The zero-order chi connectivity index (χ0) is 20.4. The first-order chi connectivity index (χ1) is 13.9. The number of fused-ring (bicyclic) bond motifs is 1. The molecule has 1 fully saturated rings. The summed E-state index contributed by atoms with van der Waals surface area (Å²) in [5.74, 6) is 0.786. The molecule has 1 aliphatic rings. The number of nitrogens with zero attached hydrogens (tertiary/aromatic N) is 5. The summed E-state index contributed by atoms with van der Waals surface area (Å²) in [4.78, 5) is 21.0. The fraction of sp³-hybridized carbons (Fsp3) is 0.400. The summed E-state index contributed by atoms with van der Waals surface area (Å²) in [7, 11) is -2.80. The van der Waals surface area contributed by atoms with Crippen LogP contribution in [0.15, 0.2) is 52.4 Å². The molecule has 7 nitrogen and oxygen atoms in total. The van der Waals surface area contributed by atoms with E-state index in [0.29, 0.717) is 21.8 Å². The van der Waals surface area contributed by atoms with Crippen LogP contribution in [0.3, 0.4) is 0 Å². The normalized spacial score (nSPS) is 16.1. The summed E-state index contributed by atoms with van der Waals surface area (Å²) in [5.41, 5.74) is 1.52. The number of thioether (sulfide) groups is 1. The Morgan fingerprint density at radius 3 is 2.76 bits per heavy atom. The van der Waals surface area contributed by atoms with Gasteiger partial charge >= 0.3 is 0 Å². The second kappa shape index (κ2) is 8.23. The molecule has 1 atom stereocenters. The second-order valence-corrected chi connectivity index (χ2v) is 11.3. The van der Waals surface area contributed by atoms with Gasteiger partial charge in [0.05, 0.1) is 33.4 Å². The molecular formula is C20H23N5O2S2. The van der Waals surface area contributed by atoms with Crippen LogP contribution in [0.1, 0.15) is 26.7 Å². The van der Waals surface area contributed by atoms with Gasteiger partial charge in [-0.05, 0) is 42.2 Å². The van der Waals surface area contributed by atoms with E-state index in [4.69, 9.17) is 0 Å². The van der Waals surface area contributed by atoms with Gasteiger partial charge in [0, 0.05) is 22.2 Å². The average molecular weight is 430 g/mol. The van der Waals surface area contributed by atoms with E-state index in [9.17, 15) is 9.00 Å². The second-order valence-electron chi connectivity index (χ2n) is 7.49. The quantitative estimate of drug-likeness (QED) is 0.569. The Morgan fingerprint density at radius 1 is 1.31 bits per heavy atom. The van der Waals surface area contributed by atoms with Crippen LogP contribution in [0.5, 0.6) is 0 Å². The zero-order valence-electron chi connectivity index (χ0n) is 16.4. The Hall–Kier alpha value is -2.26. The van der Waals surface area contributed by atoms with E-state index in [1.165, 1.54) is 18.1 Å². The maximum atomic E-state index is 13.8. The largest absolute Gasteiger partial charge is 0.271 e.